The number of Topliss-reactive ketones (excluding diaryl/α,β-unsaturated/α-hetero) is 1. The Labute approximate surface area is 192 Å². The second-order valence-electron chi connectivity index (χ2n) is 7.01. The number of hydrogen-bond acceptors (Lipinski definition) is 11. The fourth-order valence-corrected chi connectivity index (χ4v) is 3.63. The number of esters is 1. The number of nitro benzene ring substituents is 1. The zero-order valence-corrected chi connectivity index (χ0v) is 18.7. The molecule has 1 aromatic heterocycles. The highest BCUT2D eigenvalue weighted by molar-refractivity contribution is 7.11. The van der Waals surface area contributed by atoms with Crippen LogP contribution in [0.3, 0.4) is 0 Å². The molecular formula is C21H21N5O6S. The van der Waals surface area contributed by atoms with Gasteiger partial charge in [-0.15, -0.1) is 10.2 Å². The van der Waals surface area contributed by atoms with E-state index in [4.69, 9.17) is 4.74 Å². The molecule has 0 aliphatic heterocycles. The lowest BCUT2D eigenvalue weighted by atomic mass is 10.2. The normalized spacial score (nSPS) is 11.1. The number of carbonyl (C=O) groups excluding carboxylic acids is 2. The van der Waals surface area contributed by atoms with Crippen LogP contribution in [0.15, 0.2) is 46.6 Å². The molecule has 0 aliphatic carbocycles. The summed E-state index contributed by atoms with van der Waals surface area (Å²) >= 11 is 1.05. The third-order valence-electron chi connectivity index (χ3n) is 4.63. The number of azo groups is 1. The van der Waals surface area contributed by atoms with E-state index in [0.717, 1.165) is 11.5 Å². The van der Waals surface area contributed by atoms with Gasteiger partial charge in [0.05, 0.1) is 16.9 Å². The molecule has 1 N–H and O–H groups in total. The van der Waals surface area contributed by atoms with E-state index in [0.29, 0.717) is 34.7 Å². The Kier molecular flexibility index (Phi) is 7.61. The summed E-state index contributed by atoms with van der Waals surface area (Å²) in [6, 6.07) is 9.12. The molecule has 0 aliphatic rings. The molecule has 0 fully saturated rings. The highest BCUT2D eigenvalue weighted by atomic mass is 32.1. The number of carbonyl (C=O) groups is 2. The zero-order chi connectivity index (χ0) is 24.0. The van der Waals surface area contributed by atoms with E-state index >= 15 is 0 Å². The highest BCUT2D eigenvalue weighted by Gasteiger charge is 2.14. The van der Waals surface area contributed by atoms with Crippen molar-refractivity contribution in [1.82, 2.24) is 4.37 Å². The van der Waals surface area contributed by atoms with Gasteiger partial charge in [-0.2, -0.15) is 4.37 Å². The first kappa shape index (κ1) is 23.7. The molecule has 3 aromatic rings. The number of nitro groups is 1. The molecule has 33 heavy (non-hydrogen) atoms. The molecule has 3 rings (SSSR count). The van der Waals surface area contributed by atoms with Crippen molar-refractivity contribution in [2.75, 3.05) is 24.6 Å². The summed E-state index contributed by atoms with van der Waals surface area (Å²) in [6.45, 7) is 3.92. The minimum Gasteiger partial charge on any atom is -0.506 e. The van der Waals surface area contributed by atoms with Crippen molar-refractivity contribution in [3.05, 3.63) is 46.5 Å². The fourth-order valence-electron chi connectivity index (χ4n) is 2.94. The summed E-state index contributed by atoms with van der Waals surface area (Å²) in [5, 5.41) is 30.5. The van der Waals surface area contributed by atoms with Crippen LogP contribution in [0.25, 0.3) is 10.9 Å². The molecule has 0 unspecified atom stereocenters. The Morgan fingerprint density at radius 1 is 1.24 bits per heavy atom. The average molecular weight is 471 g/mol. The summed E-state index contributed by atoms with van der Waals surface area (Å²) in [4.78, 5) is 35.0. The monoisotopic (exact) mass is 471 g/mol. The van der Waals surface area contributed by atoms with Crippen LogP contribution in [-0.4, -0.2) is 45.9 Å². The number of ether oxygens (including phenoxy) is 1. The van der Waals surface area contributed by atoms with Gasteiger partial charge in [0.1, 0.15) is 18.0 Å². The zero-order valence-electron chi connectivity index (χ0n) is 17.9. The predicted molar refractivity (Wildman–Crippen MR) is 123 cm³/mol. The molecule has 0 bridgehead atoms. The van der Waals surface area contributed by atoms with Crippen LogP contribution < -0.4 is 4.90 Å². The van der Waals surface area contributed by atoms with Gasteiger partial charge < -0.3 is 14.7 Å². The molecule has 11 nitrogen and oxygen atoms in total. The number of aromatic hydroxyl groups is 1. The van der Waals surface area contributed by atoms with Crippen LogP contribution >= 0.6 is 11.5 Å². The maximum absolute atomic E-state index is 11.8. The van der Waals surface area contributed by atoms with Crippen molar-refractivity contribution in [3.63, 3.8) is 0 Å². The summed E-state index contributed by atoms with van der Waals surface area (Å²) in [7, 11) is 0. The van der Waals surface area contributed by atoms with Crippen molar-refractivity contribution in [2.24, 2.45) is 10.2 Å². The van der Waals surface area contributed by atoms with Crippen molar-refractivity contribution in [2.45, 2.75) is 20.3 Å². The average Bonchev–Trinajstić information content (AvgIpc) is 3.19. The summed E-state index contributed by atoms with van der Waals surface area (Å²) < 4.78 is 9.06. The third-order valence-corrected chi connectivity index (χ3v) is 5.39. The molecule has 0 atom stereocenters. The SMILES string of the molecule is CCN(CCC(=O)OCC(C)=O)c1ccc(/N=N/c2snc3ccc([N+](=O)[O-])cc23)c(O)c1. The van der Waals surface area contributed by atoms with E-state index in [1.807, 2.05) is 11.8 Å². The Morgan fingerprint density at radius 2 is 2.03 bits per heavy atom. The highest BCUT2D eigenvalue weighted by Crippen LogP contribution is 2.36. The van der Waals surface area contributed by atoms with E-state index in [1.54, 1.807) is 18.2 Å². The molecule has 172 valence electrons. The second-order valence-corrected chi connectivity index (χ2v) is 7.76. The lowest BCUT2D eigenvalue weighted by molar-refractivity contribution is -0.384. The second kappa shape index (κ2) is 10.6. The molecule has 0 amide bonds. The maximum atomic E-state index is 11.8. The smallest absolute Gasteiger partial charge is 0.308 e. The Bertz CT molecular complexity index is 1230. The molecule has 1 heterocycles. The summed E-state index contributed by atoms with van der Waals surface area (Å²) in [5.41, 5.74) is 1.38. The molecule has 0 spiro atoms. The number of ketones is 1. The molecule has 12 heteroatoms. The minimum atomic E-state index is -0.495. The van der Waals surface area contributed by atoms with Crippen LogP contribution in [0.5, 0.6) is 5.75 Å². The van der Waals surface area contributed by atoms with Crippen molar-refractivity contribution >= 4 is 56.3 Å². The van der Waals surface area contributed by atoms with E-state index in [2.05, 4.69) is 14.6 Å². The Morgan fingerprint density at radius 3 is 2.70 bits per heavy atom. The van der Waals surface area contributed by atoms with Gasteiger partial charge in [0.25, 0.3) is 5.69 Å². The molecule has 0 saturated heterocycles. The number of phenols is 1. The third kappa shape index (κ3) is 6.07. The fraction of sp³-hybridized carbons (Fsp3) is 0.286. The number of phenolic OH excluding ortho intramolecular Hbond substituents is 1. The number of non-ortho nitro benzene ring substituents is 1. The van der Waals surface area contributed by atoms with Crippen molar-refractivity contribution in [3.8, 4) is 5.75 Å². The van der Waals surface area contributed by atoms with Gasteiger partial charge in [-0.3, -0.25) is 19.7 Å². The van der Waals surface area contributed by atoms with E-state index < -0.39 is 10.9 Å². The van der Waals surface area contributed by atoms with Crippen LogP contribution in [0.4, 0.5) is 22.1 Å². The first-order valence-electron chi connectivity index (χ1n) is 9.97. The van der Waals surface area contributed by atoms with E-state index in [-0.39, 0.29) is 35.9 Å². The first-order valence-corrected chi connectivity index (χ1v) is 10.7. The van der Waals surface area contributed by atoms with Crippen molar-refractivity contribution < 1.29 is 24.4 Å². The minimum absolute atomic E-state index is 0.0730. The standard InChI is InChI=1S/C21H21N5O6S/c1-3-25(9-8-20(29)32-12-13(2)27)14-4-7-18(19(28)11-14)22-23-21-16-10-15(26(30)31)5-6-17(16)24-33-21/h4-7,10-11,28H,3,8-9,12H2,1-2H3/b23-22+. The number of anilines is 1. The van der Waals surface area contributed by atoms with Crippen molar-refractivity contribution in [1.29, 1.82) is 0 Å². The van der Waals surface area contributed by atoms with Crippen LogP contribution in [-0.2, 0) is 14.3 Å². The molecule has 2 aromatic carbocycles. The number of benzene rings is 2. The molecule has 0 radical (unpaired) electrons. The van der Waals surface area contributed by atoms with E-state index in [1.165, 1.54) is 25.1 Å². The number of rotatable bonds is 10. The first-order chi connectivity index (χ1) is 15.8. The number of aromatic nitrogens is 1. The van der Waals surface area contributed by atoms with Gasteiger partial charge in [0, 0.05) is 42.4 Å². The molecular weight excluding hydrogens is 450 g/mol. The van der Waals surface area contributed by atoms with Crippen LogP contribution in [0, 0.1) is 10.1 Å². The number of nitrogens with zero attached hydrogens (tertiary/aromatic N) is 5. The number of hydrogen-bond donors (Lipinski definition) is 1. The van der Waals surface area contributed by atoms with Gasteiger partial charge in [0.2, 0.25) is 0 Å². The summed E-state index contributed by atoms with van der Waals surface area (Å²) in [5.74, 6) is -0.820. The van der Waals surface area contributed by atoms with E-state index in [9.17, 15) is 24.8 Å². The largest absolute Gasteiger partial charge is 0.506 e. The Hall–Kier alpha value is -3.93. The quantitative estimate of drug-likeness (QED) is 0.194. The van der Waals surface area contributed by atoms with Crippen LogP contribution in [0.1, 0.15) is 20.3 Å². The lowest BCUT2D eigenvalue weighted by Crippen LogP contribution is -2.26. The van der Waals surface area contributed by atoms with Gasteiger partial charge in [-0.25, -0.2) is 0 Å². The lowest BCUT2D eigenvalue weighted by Gasteiger charge is -2.23. The summed E-state index contributed by atoms with van der Waals surface area (Å²) in [6.07, 6.45) is 0.0912. The van der Waals surface area contributed by atoms with Gasteiger partial charge in [-0.05, 0) is 43.6 Å². The van der Waals surface area contributed by atoms with Crippen LogP contribution in [0.2, 0.25) is 0 Å². The number of fused-ring (bicyclic) bond motifs is 1. The predicted octanol–water partition coefficient (Wildman–Crippen LogP) is 4.67. The topological polar surface area (TPSA) is 148 Å². The Balaban J connectivity index is 1.72. The van der Waals surface area contributed by atoms with Gasteiger partial charge in [0.15, 0.2) is 10.8 Å². The van der Waals surface area contributed by atoms with Gasteiger partial charge in [-0.1, -0.05) is 0 Å². The molecule has 0 saturated carbocycles. The maximum Gasteiger partial charge on any atom is 0.308 e. The van der Waals surface area contributed by atoms with Gasteiger partial charge >= 0.3 is 5.97 Å².